The smallest absolute Gasteiger partial charge is 0.368 e. The summed E-state index contributed by atoms with van der Waals surface area (Å²) in [7, 11) is 0. The molecule has 0 spiro atoms. The fourth-order valence-corrected chi connectivity index (χ4v) is 2.67. The van der Waals surface area contributed by atoms with Crippen molar-refractivity contribution < 1.29 is 18.0 Å². The van der Waals surface area contributed by atoms with Crippen LogP contribution in [0.3, 0.4) is 0 Å². The number of thioether (sulfide) groups is 1. The molecule has 1 aliphatic rings. The van der Waals surface area contributed by atoms with E-state index in [0.29, 0.717) is 16.8 Å². The third kappa shape index (κ3) is 4.34. The van der Waals surface area contributed by atoms with Gasteiger partial charge in [0.05, 0.1) is 10.6 Å². The number of nitrogens with two attached hydrogens (primary N) is 1. The van der Waals surface area contributed by atoms with Crippen LogP contribution >= 0.6 is 11.8 Å². The Kier molecular flexibility index (Phi) is 4.48. The van der Waals surface area contributed by atoms with Gasteiger partial charge in [-0.25, -0.2) is 4.98 Å². The summed E-state index contributed by atoms with van der Waals surface area (Å²) in [5.41, 5.74) is 3.72. The molecule has 1 heterocycles. The Labute approximate surface area is 124 Å². The van der Waals surface area contributed by atoms with Crippen LogP contribution < -0.4 is 11.1 Å². The number of hydrogen-bond acceptors (Lipinski definition) is 4. The van der Waals surface area contributed by atoms with Crippen LogP contribution in [0.2, 0.25) is 0 Å². The third-order valence-electron chi connectivity index (χ3n) is 3.22. The van der Waals surface area contributed by atoms with E-state index >= 15 is 0 Å². The number of halogens is 3. The second kappa shape index (κ2) is 5.84. The maximum absolute atomic E-state index is 12.4. The zero-order valence-corrected chi connectivity index (χ0v) is 12.2. The van der Waals surface area contributed by atoms with Crippen LogP contribution in [0.5, 0.6) is 0 Å². The predicted molar refractivity (Wildman–Crippen MR) is 73.7 cm³/mol. The van der Waals surface area contributed by atoms with E-state index in [1.165, 1.54) is 17.8 Å². The summed E-state index contributed by atoms with van der Waals surface area (Å²) in [5, 5.41) is 3.59. The average Bonchev–Trinajstić information content (AvgIpc) is 3.19. The van der Waals surface area contributed by atoms with Crippen LogP contribution in [0.15, 0.2) is 23.4 Å². The molecule has 0 bridgehead atoms. The van der Waals surface area contributed by atoms with Crippen molar-refractivity contribution in [3.8, 4) is 0 Å². The highest BCUT2D eigenvalue weighted by Crippen LogP contribution is 2.30. The van der Waals surface area contributed by atoms with Gasteiger partial charge in [0.25, 0.3) is 0 Å². The van der Waals surface area contributed by atoms with E-state index in [1.54, 1.807) is 6.92 Å². The van der Waals surface area contributed by atoms with Gasteiger partial charge >= 0.3 is 6.18 Å². The van der Waals surface area contributed by atoms with Gasteiger partial charge in [-0.2, -0.15) is 13.2 Å². The van der Waals surface area contributed by atoms with Crippen molar-refractivity contribution >= 4 is 17.7 Å². The summed E-state index contributed by atoms with van der Waals surface area (Å²) in [4.78, 5) is 15.3. The number of pyridine rings is 1. The highest BCUT2D eigenvalue weighted by molar-refractivity contribution is 7.99. The Hall–Kier alpha value is -1.28. The minimum absolute atomic E-state index is 0.295. The molecular weight excluding hydrogens is 303 g/mol. The molecule has 0 aliphatic heterocycles. The molecule has 1 atom stereocenters. The van der Waals surface area contributed by atoms with E-state index in [0.717, 1.165) is 25.1 Å². The molecule has 1 amide bonds. The molecule has 2 rings (SSSR count). The molecule has 21 heavy (non-hydrogen) atoms. The molecule has 0 radical (unpaired) electrons. The standard InChI is InChI=1S/C13H16F3N3OS/c1-12(11(17)20,19-9-3-4-9)7-21-10-5-2-8(6-18-10)13(14,15)16/h2,5-6,9,19H,3-4,7H2,1H3,(H2,17,20). The first-order valence-corrected chi connectivity index (χ1v) is 7.43. The highest BCUT2D eigenvalue weighted by Gasteiger charge is 2.37. The van der Waals surface area contributed by atoms with Gasteiger partial charge in [-0.15, -0.1) is 11.8 Å². The van der Waals surface area contributed by atoms with Crippen molar-refractivity contribution in [1.82, 2.24) is 10.3 Å². The van der Waals surface area contributed by atoms with Crippen LogP contribution in [-0.2, 0) is 11.0 Å². The van der Waals surface area contributed by atoms with Gasteiger partial charge in [-0.05, 0) is 31.9 Å². The second-order valence-electron chi connectivity index (χ2n) is 5.29. The van der Waals surface area contributed by atoms with Crippen molar-refractivity contribution in [2.24, 2.45) is 5.73 Å². The zero-order chi connectivity index (χ0) is 15.7. The first kappa shape index (κ1) is 16.1. The Morgan fingerprint density at radius 3 is 2.57 bits per heavy atom. The molecule has 1 aromatic heterocycles. The van der Waals surface area contributed by atoms with Crippen molar-refractivity contribution in [2.75, 3.05) is 5.75 Å². The summed E-state index contributed by atoms with van der Waals surface area (Å²) < 4.78 is 37.3. The van der Waals surface area contributed by atoms with Gasteiger partial charge in [-0.3, -0.25) is 4.79 Å². The summed E-state index contributed by atoms with van der Waals surface area (Å²) in [5.74, 6) is -0.161. The fourth-order valence-electron chi connectivity index (χ4n) is 1.71. The lowest BCUT2D eigenvalue weighted by molar-refractivity contribution is -0.137. The summed E-state index contributed by atoms with van der Waals surface area (Å²) >= 11 is 1.20. The first-order valence-electron chi connectivity index (χ1n) is 6.44. The number of carbonyl (C=O) groups excluding carboxylic acids is 1. The maximum Gasteiger partial charge on any atom is 0.417 e. The Morgan fingerprint density at radius 2 is 2.14 bits per heavy atom. The number of primary amides is 1. The van der Waals surface area contributed by atoms with Crippen molar-refractivity contribution in [3.05, 3.63) is 23.9 Å². The van der Waals surface area contributed by atoms with Gasteiger partial charge in [-0.1, -0.05) is 0 Å². The Bertz CT molecular complexity index is 516. The van der Waals surface area contributed by atoms with Gasteiger partial charge < -0.3 is 11.1 Å². The second-order valence-corrected chi connectivity index (χ2v) is 6.28. The van der Waals surface area contributed by atoms with Crippen LogP contribution in [0.4, 0.5) is 13.2 Å². The van der Waals surface area contributed by atoms with Crippen LogP contribution in [0.25, 0.3) is 0 Å². The fraction of sp³-hybridized carbons (Fsp3) is 0.538. The van der Waals surface area contributed by atoms with Gasteiger partial charge in [0.15, 0.2) is 0 Å². The lowest BCUT2D eigenvalue weighted by Crippen LogP contribution is -2.55. The predicted octanol–water partition coefficient (Wildman–Crippen LogP) is 2.19. The maximum atomic E-state index is 12.4. The van der Waals surface area contributed by atoms with Gasteiger partial charge in [0.2, 0.25) is 5.91 Å². The summed E-state index contributed by atoms with van der Waals surface area (Å²) in [6.45, 7) is 1.70. The SMILES string of the molecule is CC(CSc1ccc(C(F)(F)F)cn1)(NC1CC1)C(N)=O. The Balaban J connectivity index is 1.98. The minimum Gasteiger partial charge on any atom is -0.368 e. The molecule has 4 nitrogen and oxygen atoms in total. The van der Waals surface area contributed by atoms with E-state index in [9.17, 15) is 18.0 Å². The quantitative estimate of drug-likeness (QED) is 0.789. The number of aromatic nitrogens is 1. The van der Waals surface area contributed by atoms with E-state index in [4.69, 9.17) is 5.73 Å². The normalized spacial score (nSPS) is 18.3. The molecule has 0 aromatic carbocycles. The molecular formula is C13H16F3N3OS. The van der Waals surface area contributed by atoms with Crippen LogP contribution in [0, 0.1) is 0 Å². The van der Waals surface area contributed by atoms with E-state index in [2.05, 4.69) is 10.3 Å². The largest absolute Gasteiger partial charge is 0.417 e. The summed E-state index contributed by atoms with van der Waals surface area (Å²) in [6, 6.07) is 2.57. The van der Waals surface area contributed by atoms with Crippen LogP contribution in [-0.4, -0.2) is 28.2 Å². The zero-order valence-electron chi connectivity index (χ0n) is 11.4. The van der Waals surface area contributed by atoms with Crippen molar-refractivity contribution in [1.29, 1.82) is 0 Å². The number of nitrogens with zero attached hydrogens (tertiary/aromatic N) is 1. The van der Waals surface area contributed by atoms with Crippen molar-refractivity contribution in [3.63, 3.8) is 0 Å². The molecule has 1 unspecified atom stereocenters. The number of hydrogen-bond donors (Lipinski definition) is 2. The number of carbonyl (C=O) groups is 1. The van der Waals surface area contributed by atoms with E-state index in [1.807, 2.05) is 0 Å². The van der Waals surface area contributed by atoms with Gasteiger partial charge in [0.1, 0.15) is 5.54 Å². The number of nitrogens with one attached hydrogen (secondary N) is 1. The minimum atomic E-state index is -4.40. The average molecular weight is 319 g/mol. The molecule has 0 saturated heterocycles. The number of rotatable bonds is 6. The lowest BCUT2D eigenvalue weighted by Gasteiger charge is -2.27. The molecule has 8 heteroatoms. The molecule has 3 N–H and O–H groups in total. The van der Waals surface area contributed by atoms with Gasteiger partial charge in [0, 0.05) is 18.0 Å². The molecule has 1 fully saturated rings. The lowest BCUT2D eigenvalue weighted by atomic mass is 10.1. The summed E-state index contributed by atoms with van der Waals surface area (Å²) in [6.07, 6.45) is -1.60. The molecule has 116 valence electrons. The number of amides is 1. The monoisotopic (exact) mass is 319 g/mol. The first-order chi connectivity index (χ1) is 9.71. The van der Waals surface area contributed by atoms with E-state index < -0.39 is 23.2 Å². The third-order valence-corrected chi connectivity index (χ3v) is 4.48. The molecule has 1 aromatic rings. The topological polar surface area (TPSA) is 68.0 Å². The Morgan fingerprint density at radius 1 is 1.48 bits per heavy atom. The van der Waals surface area contributed by atoms with Crippen molar-refractivity contribution in [2.45, 2.75) is 42.5 Å². The molecule has 1 aliphatic carbocycles. The van der Waals surface area contributed by atoms with E-state index in [-0.39, 0.29) is 0 Å². The highest BCUT2D eigenvalue weighted by atomic mass is 32.2. The number of alkyl halides is 3. The van der Waals surface area contributed by atoms with Crippen LogP contribution in [0.1, 0.15) is 25.3 Å². The molecule has 1 saturated carbocycles.